The maximum absolute atomic E-state index is 11.3. The number of carboxylic acid groups (broad SMARTS) is 1. The van der Waals surface area contributed by atoms with E-state index in [9.17, 15) is 9.90 Å². The van der Waals surface area contributed by atoms with Crippen molar-refractivity contribution in [1.82, 2.24) is 20.4 Å². The van der Waals surface area contributed by atoms with Gasteiger partial charge in [-0.25, -0.2) is 0 Å². The maximum atomic E-state index is 11.3. The van der Waals surface area contributed by atoms with Gasteiger partial charge in [0, 0.05) is 17.1 Å². The molecule has 2 aromatic heterocycles. The molecule has 1 aliphatic heterocycles. The fraction of sp³-hybridized carbons (Fsp3) is 0.421. The summed E-state index contributed by atoms with van der Waals surface area (Å²) in [6.45, 7) is 4.71. The number of aliphatic carboxylic acids is 1. The van der Waals surface area contributed by atoms with Gasteiger partial charge >= 0.3 is 5.97 Å². The number of para-hydroxylation sites is 1. The minimum atomic E-state index is -0.820. The van der Waals surface area contributed by atoms with Gasteiger partial charge in [-0.3, -0.25) is 9.89 Å². The van der Waals surface area contributed by atoms with Crippen LogP contribution in [0.3, 0.4) is 0 Å². The summed E-state index contributed by atoms with van der Waals surface area (Å²) in [6.07, 6.45) is 5.69. The number of hydrogen-bond donors (Lipinski definition) is 3. The van der Waals surface area contributed by atoms with E-state index in [0.29, 0.717) is 13.0 Å². The molecule has 0 bridgehead atoms. The SMILES string of the molecule is CCc1cccc2c3c([nH]c12)C(CC)(CC(=O)O)OCC3.c1c[nH]nn1. The average Bonchev–Trinajstić information content (AvgIpc) is 3.33. The zero-order valence-corrected chi connectivity index (χ0v) is 15.1. The van der Waals surface area contributed by atoms with Crippen LogP contribution in [0, 0.1) is 0 Å². The van der Waals surface area contributed by atoms with Crippen molar-refractivity contribution in [3.63, 3.8) is 0 Å². The van der Waals surface area contributed by atoms with Gasteiger partial charge in [0.05, 0.1) is 24.9 Å². The molecule has 1 aliphatic rings. The first kappa shape index (κ1) is 18.1. The summed E-state index contributed by atoms with van der Waals surface area (Å²) in [5.74, 6) is -0.820. The van der Waals surface area contributed by atoms with Gasteiger partial charge in [0.15, 0.2) is 0 Å². The highest BCUT2D eigenvalue weighted by Gasteiger charge is 2.40. The lowest BCUT2D eigenvalue weighted by Crippen LogP contribution is -2.37. The lowest BCUT2D eigenvalue weighted by atomic mass is 9.86. The zero-order chi connectivity index (χ0) is 18.6. The summed E-state index contributed by atoms with van der Waals surface area (Å²) in [5, 5.41) is 19.8. The number of carboxylic acids is 1. The second-order valence-corrected chi connectivity index (χ2v) is 6.35. The minimum absolute atomic E-state index is 0.00474. The average molecular weight is 356 g/mol. The van der Waals surface area contributed by atoms with Gasteiger partial charge in [0.2, 0.25) is 0 Å². The fourth-order valence-electron chi connectivity index (χ4n) is 3.65. The normalized spacial score (nSPS) is 18.8. The fourth-order valence-corrected chi connectivity index (χ4v) is 3.65. The van der Waals surface area contributed by atoms with E-state index in [0.717, 1.165) is 24.1 Å². The zero-order valence-electron chi connectivity index (χ0n) is 15.1. The van der Waals surface area contributed by atoms with Crippen LogP contribution in [0.4, 0.5) is 0 Å². The predicted octanol–water partition coefficient (Wildman–Crippen LogP) is 3.19. The van der Waals surface area contributed by atoms with E-state index >= 15 is 0 Å². The number of rotatable bonds is 4. The molecule has 3 aromatic rings. The minimum Gasteiger partial charge on any atom is -0.481 e. The molecule has 138 valence electrons. The highest BCUT2D eigenvalue weighted by molar-refractivity contribution is 5.88. The molecule has 1 aromatic carbocycles. The number of fused-ring (bicyclic) bond motifs is 3. The molecule has 0 spiro atoms. The lowest BCUT2D eigenvalue weighted by Gasteiger charge is -2.35. The molecule has 4 rings (SSSR count). The number of H-pyrrole nitrogens is 2. The van der Waals surface area contributed by atoms with Crippen LogP contribution >= 0.6 is 0 Å². The quantitative estimate of drug-likeness (QED) is 0.666. The summed E-state index contributed by atoms with van der Waals surface area (Å²) in [4.78, 5) is 14.8. The van der Waals surface area contributed by atoms with Gasteiger partial charge < -0.3 is 14.8 Å². The molecule has 7 nitrogen and oxygen atoms in total. The Bertz CT molecular complexity index is 855. The Morgan fingerprint density at radius 1 is 1.38 bits per heavy atom. The highest BCUT2D eigenvalue weighted by Crippen LogP contribution is 2.42. The Morgan fingerprint density at radius 2 is 2.23 bits per heavy atom. The van der Waals surface area contributed by atoms with Crippen LogP contribution in [0.1, 0.15) is 43.5 Å². The van der Waals surface area contributed by atoms with Crippen molar-refractivity contribution in [2.24, 2.45) is 0 Å². The summed E-state index contributed by atoms with van der Waals surface area (Å²) in [6, 6.07) is 6.32. The summed E-state index contributed by atoms with van der Waals surface area (Å²) < 4.78 is 5.94. The first-order valence-electron chi connectivity index (χ1n) is 8.90. The van der Waals surface area contributed by atoms with E-state index in [-0.39, 0.29) is 6.42 Å². The third-order valence-corrected chi connectivity index (χ3v) is 4.93. The number of nitrogens with zero attached hydrogens (tertiary/aromatic N) is 2. The highest BCUT2D eigenvalue weighted by atomic mass is 16.5. The molecule has 0 saturated carbocycles. The molecule has 0 fully saturated rings. The van der Waals surface area contributed by atoms with Crippen molar-refractivity contribution in [1.29, 1.82) is 0 Å². The van der Waals surface area contributed by atoms with E-state index in [4.69, 9.17) is 4.74 Å². The third kappa shape index (κ3) is 3.35. The monoisotopic (exact) mass is 356 g/mol. The predicted molar refractivity (Wildman–Crippen MR) is 97.9 cm³/mol. The second kappa shape index (κ2) is 7.70. The molecule has 1 unspecified atom stereocenters. The number of carbonyl (C=O) groups is 1. The van der Waals surface area contributed by atoms with Crippen LogP contribution in [0.15, 0.2) is 30.6 Å². The molecule has 1 atom stereocenters. The molecule has 0 radical (unpaired) electrons. The van der Waals surface area contributed by atoms with Crippen LogP contribution in [0.5, 0.6) is 0 Å². The van der Waals surface area contributed by atoms with E-state index in [1.807, 2.05) is 6.92 Å². The third-order valence-electron chi connectivity index (χ3n) is 4.93. The maximum Gasteiger partial charge on any atom is 0.306 e. The van der Waals surface area contributed by atoms with Crippen LogP contribution in [0.2, 0.25) is 0 Å². The van der Waals surface area contributed by atoms with Gasteiger partial charge in [-0.2, -0.15) is 0 Å². The number of aryl methyl sites for hydroxylation is 1. The molecular weight excluding hydrogens is 332 g/mol. The Labute approximate surface area is 151 Å². The number of benzene rings is 1. The second-order valence-electron chi connectivity index (χ2n) is 6.35. The lowest BCUT2D eigenvalue weighted by molar-refractivity contribution is -0.148. The molecule has 0 saturated heterocycles. The van der Waals surface area contributed by atoms with E-state index < -0.39 is 11.6 Å². The Balaban J connectivity index is 0.000000339. The van der Waals surface area contributed by atoms with E-state index in [1.165, 1.54) is 16.5 Å². The largest absolute Gasteiger partial charge is 0.481 e. The molecule has 3 N–H and O–H groups in total. The number of nitrogens with one attached hydrogen (secondary N) is 2. The van der Waals surface area contributed by atoms with Gasteiger partial charge in [-0.1, -0.05) is 37.3 Å². The van der Waals surface area contributed by atoms with Gasteiger partial charge in [0.1, 0.15) is 5.60 Å². The molecule has 26 heavy (non-hydrogen) atoms. The standard InChI is InChI=1S/C17H21NO3.C2H3N3/c1-3-11-6-5-7-12-13-8-9-21-17(4-2,10-14(19)20)16(13)18-15(11)12;1-2-4-5-3-1/h5-7,18H,3-4,8-10H2,1-2H3,(H,19,20);1-2H,(H,3,4,5). The van der Waals surface area contributed by atoms with Gasteiger partial charge in [-0.05, 0) is 30.4 Å². The number of aromatic nitrogens is 4. The summed E-state index contributed by atoms with van der Waals surface area (Å²) >= 11 is 0. The number of aromatic amines is 2. The van der Waals surface area contributed by atoms with Crippen LogP contribution in [-0.2, 0) is 28.0 Å². The molecule has 0 amide bonds. The Kier molecular flexibility index (Phi) is 5.37. The summed E-state index contributed by atoms with van der Waals surface area (Å²) in [5.41, 5.74) is 3.88. The van der Waals surface area contributed by atoms with E-state index in [1.54, 1.807) is 12.4 Å². The Hall–Kier alpha value is -2.67. The molecule has 0 aliphatic carbocycles. The molecule has 7 heteroatoms. The van der Waals surface area contributed by atoms with Crippen molar-refractivity contribution in [3.05, 3.63) is 47.4 Å². The first-order valence-corrected chi connectivity index (χ1v) is 8.90. The van der Waals surface area contributed by atoms with Crippen LogP contribution in [0.25, 0.3) is 10.9 Å². The Morgan fingerprint density at radius 3 is 2.81 bits per heavy atom. The van der Waals surface area contributed by atoms with Crippen LogP contribution < -0.4 is 0 Å². The summed E-state index contributed by atoms with van der Waals surface area (Å²) in [7, 11) is 0. The van der Waals surface area contributed by atoms with Crippen LogP contribution in [-0.4, -0.2) is 38.1 Å². The van der Waals surface area contributed by atoms with Crippen molar-refractivity contribution in [3.8, 4) is 0 Å². The van der Waals surface area contributed by atoms with Crippen molar-refractivity contribution in [2.75, 3.05) is 6.61 Å². The van der Waals surface area contributed by atoms with Gasteiger partial charge in [0.25, 0.3) is 0 Å². The molecular formula is C19H24N4O3. The first-order chi connectivity index (χ1) is 12.6. The van der Waals surface area contributed by atoms with E-state index in [2.05, 4.69) is 45.5 Å². The van der Waals surface area contributed by atoms with Crippen molar-refractivity contribution in [2.45, 2.75) is 45.1 Å². The van der Waals surface area contributed by atoms with Crippen molar-refractivity contribution >= 4 is 16.9 Å². The van der Waals surface area contributed by atoms with Crippen molar-refractivity contribution < 1.29 is 14.6 Å². The molecule has 3 heterocycles. The topological polar surface area (TPSA) is 104 Å². The number of hydrogen-bond acceptors (Lipinski definition) is 4. The van der Waals surface area contributed by atoms with Gasteiger partial charge in [-0.15, -0.1) is 5.10 Å². The number of ether oxygens (including phenoxy) is 1. The smallest absolute Gasteiger partial charge is 0.306 e.